The Labute approximate surface area is 110 Å². The lowest BCUT2D eigenvalue weighted by molar-refractivity contribution is -0.0221. The maximum Gasteiger partial charge on any atom is 0.0816 e. The SMILES string of the molecule is C=CCCC(COCC=C)OCc1ccccc1. The molecule has 1 rings (SSSR count). The van der Waals surface area contributed by atoms with E-state index in [1.54, 1.807) is 6.08 Å². The smallest absolute Gasteiger partial charge is 0.0816 e. The summed E-state index contributed by atoms with van der Waals surface area (Å²) in [4.78, 5) is 0. The topological polar surface area (TPSA) is 18.5 Å². The van der Waals surface area contributed by atoms with Crippen molar-refractivity contribution in [2.75, 3.05) is 13.2 Å². The van der Waals surface area contributed by atoms with E-state index >= 15 is 0 Å². The fourth-order valence-corrected chi connectivity index (χ4v) is 1.59. The van der Waals surface area contributed by atoms with Gasteiger partial charge in [0.15, 0.2) is 0 Å². The summed E-state index contributed by atoms with van der Waals surface area (Å²) >= 11 is 0. The predicted molar refractivity (Wildman–Crippen MR) is 75.5 cm³/mol. The molecule has 0 N–H and O–H groups in total. The van der Waals surface area contributed by atoms with Crippen molar-refractivity contribution in [3.05, 3.63) is 61.2 Å². The first-order valence-corrected chi connectivity index (χ1v) is 6.32. The third-order valence-corrected chi connectivity index (χ3v) is 2.56. The molecule has 0 aliphatic heterocycles. The summed E-state index contributed by atoms with van der Waals surface area (Å²) in [6.07, 6.45) is 5.65. The van der Waals surface area contributed by atoms with E-state index in [-0.39, 0.29) is 6.10 Å². The summed E-state index contributed by atoms with van der Waals surface area (Å²) in [7, 11) is 0. The van der Waals surface area contributed by atoms with Crippen LogP contribution in [0.5, 0.6) is 0 Å². The molecule has 0 heterocycles. The van der Waals surface area contributed by atoms with Gasteiger partial charge in [-0.2, -0.15) is 0 Å². The molecule has 0 fully saturated rings. The molecule has 1 aromatic rings. The Bertz CT molecular complexity index is 332. The van der Waals surface area contributed by atoms with Gasteiger partial charge in [0.05, 0.1) is 25.9 Å². The molecule has 0 saturated carbocycles. The zero-order chi connectivity index (χ0) is 13.1. The van der Waals surface area contributed by atoms with Gasteiger partial charge >= 0.3 is 0 Å². The molecular formula is C16H22O2. The Hall–Kier alpha value is -1.38. The van der Waals surface area contributed by atoms with Gasteiger partial charge in [0.2, 0.25) is 0 Å². The molecule has 0 aromatic heterocycles. The van der Waals surface area contributed by atoms with Crippen LogP contribution in [0.4, 0.5) is 0 Å². The molecule has 1 atom stereocenters. The minimum absolute atomic E-state index is 0.114. The highest BCUT2D eigenvalue weighted by molar-refractivity contribution is 5.13. The lowest BCUT2D eigenvalue weighted by Crippen LogP contribution is -2.20. The molecule has 2 nitrogen and oxygen atoms in total. The van der Waals surface area contributed by atoms with Crippen LogP contribution >= 0.6 is 0 Å². The molecular weight excluding hydrogens is 224 g/mol. The maximum absolute atomic E-state index is 5.87. The molecule has 0 bridgehead atoms. The van der Waals surface area contributed by atoms with E-state index in [9.17, 15) is 0 Å². The largest absolute Gasteiger partial charge is 0.375 e. The fourth-order valence-electron chi connectivity index (χ4n) is 1.59. The minimum Gasteiger partial charge on any atom is -0.375 e. The van der Waals surface area contributed by atoms with Gasteiger partial charge in [0, 0.05) is 0 Å². The van der Waals surface area contributed by atoms with Crippen LogP contribution in [0.1, 0.15) is 18.4 Å². The second kappa shape index (κ2) is 9.63. The summed E-state index contributed by atoms with van der Waals surface area (Å²) in [5.41, 5.74) is 1.19. The van der Waals surface area contributed by atoms with Crippen LogP contribution in [0.3, 0.4) is 0 Å². The zero-order valence-electron chi connectivity index (χ0n) is 10.9. The highest BCUT2D eigenvalue weighted by Gasteiger charge is 2.08. The first-order chi connectivity index (χ1) is 8.86. The van der Waals surface area contributed by atoms with Crippen LogP contribution in [0.25, 0.3) is 0 Å². The van der Waals surface area contributed by atoms with E-state index < -0.39 is 0 Å². The highest BCUT2D eigenvalue weighted by Crippen LogP contribution is 2.08. The minimum atomic E-state index is 0.114. The molecule has 0 radical (unpaired) electrons. The van der Waals surface area contributed by atoms with Crippen LogP contribution < -0.4 is 0 Å². The van der Waals surface area contributed by atoms with Crippen molar-refractivity contribution in [3.63, 3.8) is 0 Å². The van der Waals surface area contributed by atoms with Crippen LogP contribution in [-0.4, -0.2) is 19.3 Å². The second-order valence-electron chi connectivity index (χ2n) is 4.11. The van der Waals surface area contributed by atoms with Gasteiger partial charge in [0.25, 0.3) is 0 Å². The zero-order valence-corrected chi connectivity index (χ0v) is 10.9. The molecule has 0 aliphatic carbocycles. The fraction of sp³-hybridized carbons (Fsp3) is 0.375. The summed E-state index contributed by atoms with van der Waals surface area (Å²) in [6, 6.07) is 10.2. The first-order valence-electron chi connectivity index (χ1n) is 6.32. The van der Waals surface area contributed by atoms with Gasteiger partial charge in [0.1, 0.15) is 0 Å². The van der Waals surface area contributed by atoms with Gasteiger partial charge in [-0.25, -0.2) is 0 Å². The van der Waals surface area contributed by atoms with E-state index in [0.717, 1.165) is 12.8 Å². The third kappa shape index (κ3) is 6.38. The average molecular weight is 246 g/mol. The van der Waals surface area contributed by atoms with E-state index in [1.807, 2.05) is 24.3 Å². The Morgan fingerprint density at radius 2 is 1.89 bits per heavy atom. The molecule has 2 heteroatoms. The molecule has 0 aliphatic rings. The highest BCUT2D eigenvalue weighted by atomic mass is 16.5. The van der Waals surface area contributed by atoms with Crippen molar-refractivity contribution in [1.29, 1.82) is 0 Å². The van der Waals surface area contributed by atoms with E-state index in [4.69, 9.17) is 9.47 Å². The maximum atomic E-state index is 5.87. The Balaban J connectivity index is 2.34. The summed E-state index contributed by atoms with van der Waals surface area (Å²) < 4.78 is 11.3. The average Bonchev–Trinajstić information content (AvgIpc) is 2.42. The van der Waals surface area contributed by atoms with Gasteiger partial charge in [-0.1, -0.05) is 42.5 Å². The van der Waals surface area contributed by atoms with Gasteiger partial charge in [-0.05, 0) is 18.4 Å². The van der Waals surface area contributed by atoms with Crippen molar-refractivity contribution in [2.24, 2.45) is 0 Å². The first kappa shape index (κ1) is 14.7. The molecule has 18 heavy (non-hydrogen) atoms. The van der Waals surface area contributed by atoms with Crippen molar-refractivity contribution in [2.45, 2.75) is 25.6 Å². The monoisotopic (exact) mass is 246 g/mol. The van der Waals surface area contributed by atoms with Crippen LogP contribution in [0.15, 0.2) is 55.6 Å². The molecule has 0 amide bonds. The van der Waals surface area contributed by atoms with E-state index in [1.165, 1.54) is 5.56 Å². The Morgan fingerprint density at radius 3 is 2.56 bits per heavy atom. The predicted octanol–water partition coefficient (Wildman–Crippen LogP) is 3.74. The summed E-state index contributed by atoms with van der Waals surface area (Å²) in [5, 5.41) is 0. The van der Waals surface area contributed by atoms with Crippen LogP contribution in [0.2, 0.25) is 0 Å². The van der Waals surface area contributed by atoms with Crippen LogP contribution in [0, 0.1) is 0 Å². The van der Waals surface area contributed by atoms with Gasteiger partial charge in [-0.3, -0.25) is 0 Å². The van der Waals surface area contributed by atoms with Crippen molar-refractivity contribution >= 4 is 0 Å². The van der Waals surface area contributed by atoms with Gasteiger partial charge < -0.3 is 9.47 Å². The summed E-state index contributed by atoms with van der Waals surface area (Å²) in [6.45, 7) is 9.16. The number of ether oxygens (including phenoxy) is 2. The van der Waals surface area contributed by atoms with E-state index in [0.29, 0.717) is 19.8 Å². The third-order valence-electron chi connectivity index (χ3n) is 2.56. The summed E-state index contributed by atoms with van der Waals surface area (Å²) in [5.74, 6) is 0. The molecule has 1 unspecified atom stereocenters. The number of allylic oxidation sites excluding steroid dienone is 1. The standard InChI is InChI=1S/C16H22O2/c1-3-5-11-16(14-17-12-4-2)18-13-15-9-7-6-8-10-15/h3-4,6-10,16H,1-2,5,11-14H2. The quantitative estimate of drug-likeness (QED) is 0.462. The number of benzene rings is 1. The van der Waals surface area contributed by atoms with Gasteiger partial charge in [-0.15, -0.1) is 13.2 Å². The number of hydrogen-bond donors (Lipinski definition) is 0. The molecule has 0 spiro atoms. The molecule has 0 saturated heterocycles. The van der Waals surface area contributed by atoms with E-state index in [2.05, 4.69) is 25.3 Å². The van der Waals surface area contributed by atoms with Crippen molar-refractivity contribution in [3.8, 4) is 0 Å². The number of hydrogen-bond acceptors (Lipinski definition) is 2. The molecule has 98 valence electrons. The van der Waals surface area contributed by atoms with Crippen molar-refractivity contribution < 1.29 is 9.47 Å². The lowest BCUT2D eigenvalue weighted by Gasteiger charge is -2.17. The Morgan fingerprint density at radius 1 is 1.11 bits per heavy atom. The second-order valence-corrected chi connectivity index (χ2v) is 4.11. The Kier molecular flexibility index (Phi) is 7.85. The number of rotatable bonds is 10. The van der Waals surface area contributed by atoms with Crippen molar-refractivity contribution in [1.82, 2.24) is 0 Å². The normalized spacial score (nSPS) is 12.0. The lowest BCUT2D eigenvalue weighted by atomic mass is 10.2. The van der Waals surface area contributed by atoms with Crippen LogP contribution in [-0.2, 0) is 16.1 Å². The molecule has 1 aromatic carbocycles.